The molecule has 2 aromatic carbocycles. The van der Waals surface area contributed by atoms with Crippen LogP contribution in [-0.2, 0) is 4.79 Å². The highest BCUT2D eigenvalue weighted by Crippen LogP contribution is 2.40. The maximum absolute atomic E-state index is 12.2. The number of carbonyl (C=O) groups excluding carboxylic acids is 1. The number of carbonyl (C=O) groups is 1. The van der Waals surface area contributed by atoms with Crippen LogP contribution in [0, 0.1) is 0 Å². The molecule has 0 aliphatic carbocycles. The number of halogens is 2. The second-order valence-corrected chi connectivity index (χ2v) is 6.06. The van der Waals surface area contributed by atoms with E-state index in [1.165, 1.54) is 20.3 Å². The normalized spacial score (nSPS) is 12.3. The third-order valence-electron chi connectivity index (χ3n) is 3.61. The largest absolute Gasteiger partial charge is 0.495 e. The van der Waals surface area contributed by atoms with Crippen LogP contribution in [0.5, 0.6) is 23.0 Å². The van der Waals surface area contributed by atoms with Gasteiger partial charge in [-0.05, 0) is 29.8 Å². The Labute approximate surface area is 160 Å². The van der Waals surface area contributed by atoms with E-state index >= 15 is 0 Å². The van der Waals surface area contributed by atoms with Gasteiger partial charge in [0.2, 0.25) is 12.7 Å². The number of fused-ring (bicyclic) bond motifs is 1. The summed E-state index contributed by atoms with van der Waals surface area (Å²) < 4.78 is 20.9. The van der Waals surface area contributed by atoms with Crippen LogP contribution < -0.4 is 24.3 Å². The molecular weight excluding hydrogens is 381 g/mol. The van der Waals surface area contributed by atoms with E-state index in [9.17, 15) is 4.79 Å². The number of anilines is 1. The summed E-state index contributed by atoms with van der Waals surface area (Å²) in [6.45, 7) is 0.126. The molecule has 2 aromatic rings. The average Bonchev–Trinajstić information content (AvgIpc) is 3.09. The highest BCUT2D eigenvalue weighted by atomic mass is 35.5. The van der Waals surface area contributed by atoms with Crippen LogP contribution in [0.2, 0.25) is 10.0 Å². The van der Waals surface area contributed by atoms with Gasteiger partial charge in [-0.2, -0.15) is 0 Å². The standard InChI is InChI=1S/C18H15Cl2NO5/c1-23-14-8-15(24-2)13(7-11(14)19)21-17(22)4-3-10-5-12(20)18-16(6-10)25-9-26-18/h3-8H,9H2,1-2H3,(H,21,22). The number of benzene rings is 2. The fraction of sp³-hybridized carbons (Fsp3) is 0.167. The lowest BCUT2D eigenvalue weighted by molar-refractivity contribution is -0.111. The van der Waals surface area contributed by atoms with Crippen molar-refractivity contribution >= 4 is 40.9 Å². The molecular formula is C18H15Cl2NO5. The summed E-state index contributed by atoms with van der Waals surface area (Å²) in [6, 6.07) is 6.58. The number of hydrogen-bond acceptors (Lipinski definition) is 5. The van der Waals surface area contributed by atoms with Crippen LogP contribution in [-0.4, -0.2) is 26.9 Å². The van der Waals surface area contributed by atoms with Crippen molar-refractivity contribution in [2.24, 2.45) is 0 Å². The minimum atomic E-state index is -0.363. The number of methoxy groups -OCH3 is 2. The lowest BCUT2D eigenvalue weighted by Crippen LogP contribution is -2.09. The van der Waals surface area contributed by atoms with Crippen molar-refractivity contribution in [3.8, 4) is 23.0 Å². The Morgan fingerprint density at radius 3 is 2.58 bits per heavy atom. The Bertz CT molecular complexity index is 882. The lowest BCUT2D eigenvalue weighted by Gasteiger charge is -2.12. The van der Waals surface area contributed by atoms with Crippen molar-refractivity contribution in [3.05, 3.63) is 46.0 Å². The van der Waals surface area contributed by atoms with E-state index in [0.29, 0.717) is 44.3 Å². The summed E-state index contributed by atoms with van der Waals surface area (Å²) in [6.07, 6.45) is 2.98. The van der Waals surface area contributed by atoms with E-state index in [0.717, 1.165) is 0 Å². The summed E-state index contributed by atoms with van der Waals surface area (Å²) in [4.78, 5) is 12.2. The molecule has 0 fully saturated rings. The monoisotopic (exact) mass is 395 g/mol. The van der Waals surface area contributed by atoms with E-state index in [4.69, 9.17) is 42.1 Å². The molecule has 1 aliphatic rings. The molecule has 0 unspecified atom stereocenters. The zero-order valence-corrected chi connectivity index (χ0v) is 15.5. The summed E-state index contributed by atoms with van der Waals surface area (Å²) >= 11 is 12.2. The van der Waals surface area contributed by atoms with Gasteiger partial charge >= 0.3 is 0 Å². The smallest absolute Gasteiger partial charge is 0.248 e. The van der Waals surface area contributed by atoms with E-state index < -0.39 is 0 Å². The van der Waals surface area contributed by atoms with Crippen molar-refractivity contribution in [1.29, 1.82) is 0 Å². The topological polar surface area (TPSA) is 66.0 Å². The second-order valence-electron chi connectivity index (χ2n) is 5.25. The first-order chi connectivity index (χ1) is 12.5. The third-order valence-corrected chi connectivity index (χ3v) is 4.18. The predicted molar refractivity (Wildman–Crippen MR) is 99.8 cm³/mol. The first kappa shape index (κ1) is 18.2. The van der Waals surface area contributed by atoms with Crippen LogP contribution in [0.1, 0.15) is 5.56 Å². The molecule has 1 N–H and O–H groups in total. The Morgan fingerprint density at radius 2 is 1.85 bits per heavy atom. The number of rotatable bonds is 5. The van der Waals surface area contributed by atoms with Crippen LogP contribution in [0.15, 0.2) is 30.3 Å². The van der Waals surface area contributed by atoms with Crippen LogP contribution >= 0.6 is 23.2 Å². The maximum Gasteiger partial charge on any atom is 0.248 e. The van der Waals surface area contributed by atoms with E-state index in [1.54, 1.807) is 30.3 Å². The summed E-state index contributed by atoms with van der Waals surface area (Å²) in [7, 11) is 2.99. The van der Waals surface area contributed by atoms with Gasteiger partial charge in [0.1, 0.15) is 11.5 Å². The fourth-order valence-electron chi connectivity index (χ4n) is 2.39. The molecule has 0 bridgehead atoms. The molecule has 3 rings (SSSR count). The Hall–Kier alpha value is -2.57. The average molecular weight is 396 g/mol. The minimum Gasteiger partial charge on any atom is -0.495 e. The Balaban J connectivity index is 1.76. The molecule has 1 heterocycles. The van der Waals surface area contributed by atoms with Crippen molar-refractivity contribution in [3.63, 3.8) is 0 Å². The molecule has 136 valence electrons. The molecule has 1 amide bonds. The van der Waals surface area contributed by atoms with Gasteiger partial charge in [0.15, 0.2) is 11.5 Å². The molecule has 1 aliphatic heterocycles. The van der Waals surface area contributed by atoms with Gasteiger partial charge in [0.25, 0.3) is 0 Å². The molecule has 0 radical (unpaired) electrons. The highest BCUT2D eigenvalue weighted by molar-refractivity contribution is 6.33. The summed E-state index contributed by atoms with van der Waals surface area (Å²) in [5, 5.41) is 3.49. The van der Waals surface area contributed by atoms with Gasteiger partial charge in [0, 0.05) is 12.1 Å². The van der Waals surface area contributed by atoms with Gasteiger partial charge in [-0.1, -0.05) is 23.2 Å². The van der Waals surface area contributed by atoms with Crippen molar-refractivity contribution < 1.29 is 23.7 Å². The first-order valence-corrected chi connectivity index (χ1v) is 8.27. The van der Waals surface area contributed by atoms with Crippen LogP contribution in [0.25, 0.3) is 6.08 Å². The molecule has 26 heavy (non-hydrogen) atoms. The molecule has 0 aromatic heterocycles. The Morgan fingerprint density at radius 1 is 1.08 bits per heavy atom. The van der Waals surface area contributed by atoms with E-state index in [2.05, 4.69) is 5.32 Å². The Kier molecular flexibility index (Phi) is 5.44. The van der Waals surface area contributed by atoms with Crippen molar-refractivity contribution in [2.45, 2.75) is 0 Å². The number of amides is 1. The van der Waals surface area contributed by atoms with Crippen molar-refractivity contribution in [2.75, 3.05) is 26.3 Å². The lowest BCUT2D eigenvalue weighted by atomic mass is 10.2. The SMILES string of the molecule is COc1cc(OC)c(NC(=O)C=Cc2cc(Cl)c3c(c2)OCO3)cc1Cl. The zero-order chi connectivity index (χ0) is 18.7. The quantitative estimate of drug-likeness (QED) is 0.760. The maximum atomic E-state index is 12.2. The van der Waals surface area contributed by atoms with Crippen LogP contribution in [0.3, 0.4) is 0 Å². The highest BCUT2D eigenvalue weighted by Gasteiger charge is 2.17. The molecule has 0 atom stereocenters. The van der Waals surface area contributed by atoms with E-state index in [-0.39, 0.29) is 12.7 Å². The number of hydrogen-bond donors (Lipinski definition) is 1. The van der Waals surface area contributed by atoms with Crippen molar-refractivity contribution in [1.82, 2.24) is 0 Å². The zero-order valence-electron chi connectivity index (χ0n) is 14.0. The predicted octanol–water partition coefficient (Wildman–Crippen LogP) is 4.39. The van der Waals surface area contributed by atoms with E-state index in [1.807, 2.05) is 0 Å². The van der Waals surface area contributed by atoms with Gasteiger partial charge < -0.3 is 24.3 Å². The molecule has 0 saturated carbocycles. The molecule has 0 spiro atoms. The second kappa shape index (κ2) is 7.76. The fourth-order valence-corrected chi connectivity index (χ4v) is 2.90. The first-order valence-electron chi connectivity index (χ1n) is 7.51. The van der Waals surface area contributed by atoms with Gasteiger partial charge in [0.05, 0.1) is 30.0 Å². The van der Waals surface area contributed by atoms with Gasteiger partial charge in [-0.15, -0.1) is 0 Å². The summed E-state index contributed by atoms with van der Waals surface area (Å²) in [5.74, 6) is 1.57. The molecule has 0 saturated heterocycles. The molecule has 6 nitrogen and oxygen atoms in total. The van der Waals surface area contributed by atoms with Crippen LogP contribution in [0.4, 0.5) is 5.69 Å². The van der Waals surface area contributed by atoms with Gasteiger partial charge in [-0.3, -0.25) is 4.79 Å². The summed E-state index contributed by atoms with van der Waals surface area (Å²) in [5.41, 5.74) is 1.13. The van der Waals surface area contributed by atoms with Gasteiger partial charge in [-0.25, -0.2) is 0 Å². The molecule has 8 heteroatoms. The minimum absolute atomic E-state index is 0.126. The number of nitrogens with one attached hydrogen (secondary N) is 1. The third kappa shape index (κ3) is 3.81. The number of ether oxygens (including phenoxy) is 4.